The van der Waals surface area contributed by atoms with Crippen LogP contribution >= 0.6 is 0 Å². The van der Waals surface area contributed by atoms with Gasteiger partial charge in [0.15, 0.2) is 0 Å². The fraction of sp³-hybridized carbons (Fsp3) is 0.350. The van der Waals surface area contributed by atoms with Crippen molar-refractivity contribution >= 4 is 27.3 Å². The molecule has 0 atom stereocenters. The summed E-state index contributed by atoms with van der Waals surface area (Å²) in [7, 11) is -1.85. The van der Waals surface area contributed by atoms with Gasteiger partial charge in [-0.25, -0.2) is 8.42 Å². The lowest BCUT2D eigenvalue weighted by atomic mass is 10.1. The van der Waals surface area contributed by atoms with Crippen molar-refractivity contribution < 1.29 is 17.9 Å². The normalized spacial score (nSPS) is 11.1. The number of ether oxygens (including phenoxy) is 1. The Morgan fingerprint density at radius 2 is 1.78 bits per heavy atom. The third-order valence-corrected chi connectivity index (χ3v) is 5.35. The van der Waals surface area contributed by atoms with E-state index in [9.17, 15) is 13.2 Å². The van der Waals surface area contributed by atoms with Crippen LogP contribution in [0.2, 0.25) is 0 Å². The lowest BCUT2D eigenvalue weighted by molar-refractivity contribution is -0.116. The van der Waals surface area contributed by atoms with E-state index in [1.54, 1.807) is 31.4 Å². The third kappa shape index (κ3) is 5.99. The Bertz CT molecular complexity index is 893. The SMILES string of the molecule is COc1ccc(NC(=O)CCCN(c2cc(C)ccc2C)S(C)(=O)=O)cc1. The minimum atomic E-state index is -3.43. The quantitative estimate of drug-likeness (QED) is 0.749. The molecule has 0 saturated heterocycles. The number of rotatable bonds is 8. The van der Waals surface area contributed by atoms with Crippen LogP contribution in [0, 0.1) is 13.8 Å². The van der Waals surface area contributed by atoms with Crippen LogP contribution in [0.5, 0.6) is 5.75 Å². The molecule has 7 heteroatoms. The molecule has 2 aromatic carbocycles. The predicted molar refractivity (Wildman–Crippen MR) is 109 cm³/mol. The molecule has 0 bridgehead atoms. The van der Waals surface area contributed by atoms with E-state index in [4.69, 9.17) is 4.74 Å². The molecule has 0 aliphatic carbocycles. The molecule has 1 amide bonds. The van der Waals surface area contributed by atoms with E-state index in [0.717, 1.165) is 11.1 Å². The van der Waals surface area contributed by atoms with Gasteiger partial charge in [-0.3, -0.25) is 9.10 Å². The number of benzene rings is 2. The Kier molecular flexibility index (Phi) is 6.85. The standard InChI is InChI=1S/C20H26N2O4S/c1-15-7-8-16(2)19(14-15)22(27(4,24)25)13-5-6-20(23)21-17-9-11-18(26-3)12-10-17/h7-12,14H,5-6,13H2,1-4H3,(H,21,23). The summed E-state index contributed by atoms with van der Waals surface area (Å²) in [6.45, 7) is 4.05. The van der Waals surface area contributed by atoms with E-state index in [2.05, 4.69) is 5.32 Å². The summed E-state index contributed by atoms with van der Waals surface area (Å²) in [6.07, 6.45) is 1.83. The van der Waals surface area contributed by atoms with Crippen molar-refractivity contribution in [2.24, 2.45) is 0 Å². The summed E-state index contributed by atoms with van der Waals surface area (Å²) in [6, 6.07) is 12.8. The van der Waals surface area contributed by atoms with E-state index < -0.39 is 10.0 Å². The number of hydrogen-bond acceptors (Lipinski definition) is 4. The van der Waals surface area contributed by atoms with Crippen molar-refractivity contribution in [3.8, 4) is 5.75 Å². The Balaban J connectivity index is 1.99. The van der Waals surface area contributed by atoms with Gasteiger partial charge in [-0.15, -0.1) is 0 Å². The molecule has 0 aliphatic heterocycles. The average Bonchev–Trinajstić information content (AvgIpc) is 2.61. The van der Waals surface area contributed by atoms with Gasteiger partial charge in [0, 0.05) is 18.7 Å². The van der Waals surface area contributed by atoms with Crippen LogP contribution in [0.4, 0.5) is 11.4 Å². The van der Waals surface area contributed by atoms with Crippen LogP contribution in [0.1, 0.15) is 24.0 Å². The number of aryl methyl sites for hydroxylation is 2. The van der Waals surface area contributed by atoms with E-state index >= 15 is 0 Å². The molecule has 2 rings (SSSR count). The number of carbonyl (C=O) groups excluding carboxylic acids is 1. The molecule has 27 heavy (non-hydrogen) atoms. The number of amides is 1. The zero-order valence-electron chi connectivity index (χ0n) is 16.2. The minimum absolute atomic E-state index is 0.158. The molecule has 0 radical (unpaired) electrons. The summed E-state index contributed by atoms with van der Waals surface area (Å²) >= 11 is 0. The highest BCUT2D eigenvalue weighted by Gasteiger charge is 2.19. The number of anilines is 2. The van der Waals surface area contributed by atoms with E-state index in [1.807, 2.05) is 32.0 Å². The maximum Gasteiger partial charge on any atom is 0.232 e. The molecule has 1 N–H and O–H groups in total. The van der Waals surface area contributed by atoms with E-state index in [0.29, 0.717) is 23.5 Å². The van der Waals surface area contributed by atoms with Crippen LogP contribution in [0.3, 0.4) is 0 Å². The van der Waals surface area contributed by atoms with Crippen LogP contribution in [-0.2, 0) is 14.8 Å². The van der Waals surface area contributed by atoms with Gasteiger partial charge >= 0.3 is 0 Å². The number of methoxy groups -OCH3 is 1. The lowest BCUT2D eigenvalue weighted by Crippen LogP contribution is -2.32. The van der Waals surface area contributed by atoms with Gasteiger partial charge in [0.25, 0.3) is 0 Å². The molecule has 0 unspecified atom stereocenters. The molecular weight excluding hydrogens is 364 g/mol. The Hall–Kier alpha value is -2.54. The largest absolute Gasteiger partial charge is 0.497 e. The number of hydrogen-bond donors (Lipinski definition) is 1. The monoisotopic (exact) mass is 390 g/mol. The van der Waals surface area contributed by atoms with Crippen molar-refractivity contribution in [3.63, 3.8) is 0 Å². The van der Waals surface area contributed by atoms with Gasteiger partial charge in [-0.05, 0) is 61.7 Å². The molecular formula is C20H26N2O4S. The summed E-state index contributed by atoms with van der Waals surface area (Å²) < 4.78 is 30.9. The molecule has 0 aliphatic rings. The topological polar surface area (TPSA) is 75.7 Å². The average molecular weight is 391 g/mol. The van der Waals surface area contributed by atoms with Crippen molar-refractivity contribution in [3.05, 3.63) is 53.6 Å². The summed E-state index contributed by atoms with van der Waals surface area (Å²) in [4.78, 5) is 12.1. The van der Waals surface area contributed by atoms with Gasteiger partial charge < -0.3 is 10.1 Å². The highest BCUT2D eigenvalue weighted by Crippen LogP contribution is 2.24. The zero-order valence-corrected chi connectivity index (χ0v) is 17.0. The Morgan fingerprint density at radius 1 is 1.11 bits per heavy atom. The first-order valence-electron chi connectivity index (χ1n) is 8.69. The molecule has 0 fully saturated rings. The number of nitrogens with one attached hydrogen (secondary N) is 1. The maximum absolute atomic E-state index is 12.2. The summed E-state index contributed by atoms with van der Waals surface area (Å²) in [5.41, 5.74) is 3.21. The predicted octanol–water partition coefficient (Wildman–Crippen LogP) is 3.50. The molecule has 0 saturated carbocycles. The maximum atomic E-state index is 12.2. The minimum Gasteiger partial charge on any atom is -0.497 e. The van der Waals surface area contributed by atoms with Crippen LogP contribution in [0.15, 0.2) is 42.5 Å². The summed E-state index contributed by atoms with van der Waals surface area (Å²) in [5, 5.41) is 2.80. The smallest absolute Gasteiger partial charge is 0.232 e. The summed E-state index contributed by atoms with van der Waals surface area (Å²) in [5.74, 6) is 0.555. The van der Waals surface area contributed by atoms with Crippen LogP contribution in [0.25, 0.3) is 0 Å². The first-order valence-corrected chi connectivity index (χ1v) is 10.5. The van der Waals surface area contributed by atoms with Crippen molar-refractivity contribution in [2.75, 3.05) is 29.5 Å². The fourth-order valence-corrected chi connectivity index (χ4v) is 3.75. The van der Waals surface area contributed by atoms with Gasteiger partial charge in [0.1, 0.15) is 5.75 Å². The van der Waals surface area contributed by atoms with E-state index in [1.165, 1.54) is 10.6 Å². The molecule has 0 spiro atoms. The lowest BCUT2D eigenvalue weighted by Gasteiger charge is -2.24. The van der Waals surface area contributed by atoms with Gasteiger partial charge in [0.05, 0.1) is 19.1 Å². The number of nitrogens with zero attached hydrogens (tertiary/aromatic N) is 1. The van der Waals surface area contributed by atoms with Crippen LogP contribution < -0.4 is 14.4 Å². The first-order chi connectivity index (χ1) is 12.7. The van der Waals surface area contributed by atoms with Gasteiger partial charge in [-0.1, -0.05) is 12.1 Å². The first kappa shape index (κ1) is 20.8. The highest BCUT2D eigenvalue weighted by atomic mass is 32.2. The highest BCUT2D eigenvalue weighted by molar-refractivity contribution is 7.92. The molecule has 0 heterocycles. The molecule has 146 valence electrons. The van der Waals surface area contributed by atoms with Crippen molar-refractivity contribution in [2.45, 2.75) is 26.7 Å². The molecule has 6 nitrogen and oxygen atoms in total. The van der Waals surface area contributed by atoms with E-state index in [-0.39, 0.29) is 18.9 Å². The van der Waals surface area contributed by atoms with Crippen molar-refractivity contribution in [1.82, 2.24) is 0 Å². The fourth-order valence-electron chi connectivity index (χ4n) is 2.73. The second-order valence-corrected chi connectivity index (χ2v) is 8.41. The number of carbonyl (C=O) groups is 1. The van der Waals surface area contributed by atoms with Gasteiger partial charge in [0.2, 0.25) is 15.9 Å². The zero-order chi connectivity index (χ0) is 20.0. The van der Waals surface area contributed by atoms with Crippen LogP contribution in [-0.4, -0.2) is 34.2 Å². The van der Waals surface area contributed by atoms with Crippen molar-refractivity contribution in [1.29, 1.82) is 0 Å². The Morgan fingerprint density at radius 3 is 2.37 bits per heavy atom. The number of sulfonamides is 1. The second kappa shape index (κ2) is 8.90. The molecule has 2 aromatic rings. The molecule has 0 aromatic heterocycles. The second-order valence-electron chi connectivity index (χ2n) is 6.51. The third-order valence-electron chi connectivity index (χ3n) is 4.17. The Labute approximate surface area is 161 Å². The van der Waals surface area contributed by atoms with Gasteiger partial charge in [-0.2, -0.15) is 0 Å².